The van der Waals surface area contributed by atoms with Gasteiger partial charge in [0.2, 0.25) is 0 Å². The topological polar surface area (TPSA) is 29.0 Å². The predicted octanol–water partition coefficient (Wildman–Crippen LogP) is 7.78. The lowest BCUT2D eigenvalue weighted by Crippen LogP contribution is -2.09. The van der Waals surface area contributed by atoms with Crippen molar-refractivity contribution in [2.24, 2.45) is 0 Å². The van der Waals surface area contributed by atoms with Gasteiger partial charge in [-0.1, -0.05) is 78.9 Å². The number of para-hydroxylation sites is 2. The molecule has 4 aromatic carbocycles. The van der Waals surface area contributed by atoms with Crippen LogP contribution in [0.25, 0.3) is 23.3 Å². The summed E-state index contributed by atoms with van der Waals surface area (Å²) in [5.41, 5.74) is 7.80. The molecule has 0 aliphatic heterocycles. The second-order valence-corrected chi connectivity index (χ2v) is 7.64. The van der Waals surface area contributed by atoms with Gasteiger partial charge in [0.05, 0.1) is 5.69 Å². The number of hydrogen-bond acceptors (Lipinski definition) is 3. The van der Waals surface area contributed by atoms with E-state index in [1.54, 1.807) is 12.5 Å². The highest BCUT2D eigenvalue weighted by molar-refractivity contribution is 5.78. The summed E-state index contributed by atoms with van der Waals surface area (Å²) in [4.78, 5) is 10.4. The molecule has 1 aromatic heterocycles. The fourth-order valence-corrected chi connectivity index (χ4v) is 3.77. The largest absolute Gasteiger partial charge is 0.311 e. The van der Waals surface area contributed by atoms with Gasteiger partial charge >= 0.3 is 0 Å². The Morgan fingerprint density at radius 1 is 0.515 bits per heavy atom. The maximum absolute atomic E-state index is 4.22. The van der Waals surface area contributed by atoms with Crippen LogP contribution >= 0.6 is 0 Å². The van der Waals surface area contributed by atoms with Crippen LogP contribution in [0.3, 0.4) is 0 Å². The Morgan fingerprint density at radius 3 is 1.61 bits per heavy atom. The van der Waals surface area contributed by atoms with Crippen LogP contribution in [0.2, 0.25) is 0 Å². The Bertz CT molecular complexity index is 1270. The first-order chi connectivity index (χ1) is 16.4. The van der Waals surface area contributed by atoms with E-state index in [-0.39, 0.29) is 0 Å². The van der Waals surface area contributed by atoms with Crippen molar-refractivity contribution in [1.82, 2.24) is 9.97 Å². The highest BCUT2D eigenvalue weighted by Gasteiger charge is 2.11. The number of aromatic nitrogens is 2. The maximum atomic E-state index is 4.22. The third kappa shape index (κ3) is 4.89. The molecule has 0 saturated carbocycles. The fourth-order valence-electron chi connectivity index (χ4n) is 3.77. The molecule has 0 aliphatic carbocycles. The van der Waals surface area contributed by atoms with Crippen molar-refractivity contribution in [3.05, 3.63) is 139 Å². The van der Waals surface area contributed by atoms with E-state index in [0.29, 0.717) is 0 Å². The smallest absolute Gasteiger partial charge is 0.115 e. The minimum Gasteiger partial charge on any atom is -0.311 e. The van der Waals surface area contributed by atoms with Crippen molar-refractivity contribution in [2.75, 3.05) is 4.90 Å². The van der Waals surface area contributed by atoms with Crippen LogP contribution in [-0.2, 0) is 0 Å². The second kappa shape index (κ2) is 9.75. The number of rotatable bonds is 6. The van der Waals surface area contributed by atoms with Crippen molar-refractivity contribution in [2.45, 2.75) is 0 Å². The van der Waals surface area contributed by atoms with Gasteiger partial charge in [0, 0.05) is 23.3 Å². The highest BCUT2D eigenvalue weighted by Crippen LogP contribution is 2.35. The molecule has 0 bridgehead atoms. The molecular weight excluding hydrogens is 402 g/mol. The molecule has 5 aromatic rings. The average molecular weight is 426 g/mol. The van der Waals surface area contributed by atoms with Gasteiger partial charge in [-0.25, -0.2) is 9.97 Å². The minimum absolute atomic E-state index is 0.894. The first-order valence-corrected chi connectivity index (χ1v) is 10.9. The first kappa shape index (κ1) is 20.4. The monoisotopic (exact) mass is 425 g/mol. The maximum Gasteiger partial charge on any atom is 0.115 e. The first-order valence-electron chi connectivity index (χ1n) is 10.9. The number of hydrogen-bond donors (Lipinski definition) is 0. The standard InChI is InChI=1S/C30H23N3/c1-3-7-28(8-4-1)33(29-9-5-2-6-10-29)30-19-16-26(17-20-30)25-14-11-24(12-15-25)13-18-27-21-22-31-23-32-27/h1-23H/b18-13+. The van der Waals surface area contributed by atoms with Gasteiger partial charge in [0.1, 0.15) is 6.33 Å². The van der Waals surface area contributed by atoms with Gasteiger partial charge in [0.15, 0.2) is 0 Å². The van der Waals surface area contributed by atoms with Crippen LogP contribution in [0.5, 0.6) is 0 Å². The normalized spacial score (nSPS) is 10.9. The Labute approximate surface area is 194 Å². The van der Waals surface area contributed by atoms with E-state index >= 15 is 0 Å². The molecule has 1 heterocycles. The summed E-state index contributed by atoms with van der Waals surface area (Å²) in [7, 11) is 0. The number of benzene rings is 4. The Kier molecular flexibility index (Phi) is 6.03. The Balaban J connectivity index is 1.39. The molecule has 33 heavy (non-hydrogen) atoms. The molecule has 0 radical (unpaired) electrons. The van der Waals surface area contributed by atoms with E-state index in [2.05, 4.69) is 118 Å². The highest BCUT2D eigenvalue weighted by atomic mass is 15.1. The molecule has 0 amide bonds. The van der Waals surface area contributed by atoms with E-state index in [9.17, 15) is 0 Å². The van der Waals surface area contributed by atoms with E-state index in [1.165, 1.54) is 11.1 Å². The van der Waals surface area contributed by atoms with Gasteiger partial charge in [-0.15, -0.1) is 0 Å². The summed E-state index contributed by atoms with van der Waals surface area (Å²) in [5, 5.41) is 0. The summed E-state index contributed by atoms with van der Waals surface area (Å²) >= 11 is 0. The molecule has 0 unspecified atom stereocenters. The van der Waals surface area contributed by atoms with Crippen molar-refractivity contribution >= 4 is 29.2 Å². The lowest BCUT2D eigenvalue weighted by molar-refractivity contribution is 1.15. The third-order valence-electron chi connectivity index (χ3n) is 5.45. The zero-order valence-electron chi connectivity index (χ0n) is 18.1. The molecule has 3 heteroatoms. The van der Waals surface area contributed by atoms with Crippen LogP contribution in [0.15, 0.2) is 128 Å². The molecule has 0 N–H and O–H groups in total. The third-order valence-corrected chi connectivity index (χ3v) is 5.45. The van der Waals surface area contributed by atoms with E-state index < -0.39 is 0 Å². The SMILES string of the molecule is C(=C\c1ccncn1)/c1ccc(-c2ccc(N(c3ccccc3)c3ccccc3)cc2)cc1. The zero-order valence-corrected chi connectivity index (χ0v) is 18.1. The lowest BCUT2D eigenvalue weighted by Gasteiger charge is -2.25. The Morgan fingerprint density at radius 2 is 1.06 bits per heavy atom. The van der Waals surface area contributed by atoms with Gasteiger partial charge in [-0.2, -0.15) is 0 Å². The zero-order chi connectivity index (χ0) is 22.3. The van der Waals surface area contributed by atoms with Crippen LogP contribution in [0, 0.1) is 0 Å². The molecule has 0 fully saturated rings. The van der Waals surface area contributed by atoms with Gasteiger partial charge in [-0.05, 0) is 65.2 Å². The second-order valence-electron chi connectivity index (χ2n) is 7.64. The Hall–Kier alpha value is -4.50. The van der Waals surface area contributed by atoms with Crippen molar-refractivity contribution < 1.29 is 0 Å². The summed E-state index contributed by atoms with van der Waals surface area (Å²) in [6.07, 6.45) is 7.36. The van der Waals surface area contributed by atoms with Crippen molar-refractivity contribution in [3.63, 3.8) is 0 Å². The summed E-state index contributed by atoms with van der Waals surface area (Å²) in [5.74, 6) is 0. The molecule has 3 nitrogen and oxygen atoms in total. The molecule has 0 aliphatic rings. The molecule has 0 spiro atoms. The fraction of sp³-hybridized carbons (Fsp3) is 0. The van der Waals surface area contributed by atoms with E-state index in [0.717, 1.165) is 28.3 Å². The molecule has 158 valence electrons. The summed E-state index contributed by atoms with van der Waals surface area (Å²) < 4.78 is 0. The molecule has 5 rings (SSSR count). The van der Waals surface area contributed by atoms with Gasteiger partial charge in [0.25, 0.3) is 0 Å². The molecule has 0 saturated heterocycles. The van der Waals surface area contributed by atoms with Gasteiger partial charge in [-0.3, -0.25) is 0 Å². The molecule has 0 atom stereocenters. The quantitative estimate of drug-likeness (QED) is 0.278. The average Bonchev–Trinajstić information content (AvgIpc) is 2.90. The minimum atomic E-state index is 0.894. The molecular formula is C30H23N3. The van der Waals surface area contributed by atoms with E-state index in [1.807, 2.05) is 24.3 Å². The van der Waals surface area contributed by atoms with Crippen LogP contribution < -0.4 is 4.90 Å². The van der Waals surface area contributed by atoms with E-state index in [4.69, 9.17) is 0 Å². The van der Waals surface area contributed by atoms with Crippen LogP contribution in [0.1, 0.15) is 11.3 Å². The lowest BCUT2D eigenvalue weighted by atomic mass is 10.0. The number of nitrogens with zero attached hydrogens (tertiary/aromatic N) is 3. The van der Waals surface area contributed by atoms with Crippen LogP contribution in [-0.4, -0.2) is 9.97 Å². The van der Waals surface area contributed by atoms with Crippen molar-refractivity contribution in [3.8, 4) is 11.1 Å². The summed E-state index contributed by atoms with van der Waals surface area (Å²) in [6.45, 7) is 0. The summed E-state index contributed by atoms with van der Waals surface area (Å²) in [6, 6.07) is 40.1. The van der Waals surface area contributed by atoms with Gasteiger partial charge < -0.3 is 4.90 Å². The van der Waals surface area contributed by atoms with Crippen LogP contribution in [0.4, 0.5) is 17.1 Å². The predicted molar refractivity (Wildman–Crippen MR) is 138 cm³/mol. The van der Waals surface area contributed by atoms with Crippen molar-refractivity contribution in [1.29, 1.82) is 0 Å². The number of anilines is 3.